The van der Waals surface area contributed by atoms with Crippen molar-refractivity contribution in [2.45, 2.75) is 5.66 Å². The first-order chi connectivity index (χ1) is 25.8. The number of pyridine rings is 2. The summed E-state index contributed by atoms with van der Waals surface area (Å²) in [6.07, 6.45) is 0. The summed E-state index contributed by atoms with van der Waals surface area (Å²) in [5.74, 6) is 1.85. The van der Waals surface area contributed by atoms with Crippen molar-refractivity contribution in [3.63, 3.8) is 0 Å². The maximum atomic E-state index is 7.07. The standard InChI is InChI=1S/C47H24N4O/c1-2-10-26-22-28-24-38-32(23-27(28)21-25(26)9-1)31-18-20-40-44-42(31)46-49(38)35-14-6-8-16-37(35)51(46)47(44)43-39(52-40)19-17-30-29-11-3-4-12-33(29)48-34-13-5-7-15-36(34)50(47)45(48)41(30)43/h1-24H/q+2. The zero-order chi connectivity index (χ0) is 33.2. The molecular weight excluding hydrogens is 637 g/mol. The van der Waals surface area contributed by atoms with Crippen LogP contribution in [0.5, 0.6) is 11.5 Å². The Morgan fingerprint density at radius 3 is 1.58 bits per heavy atom. The van der Waals surface area contributed by atoms with E-state index in [1.807, 2.05) is 0 Å². The number of hydrogen-bond acceptors (Lipinski definition) is 1. The van der Waals surface area contributed by atoms with Gasteiger partial charge < -0.3 is 4.74 Å². The molecule has 1 unspecified atom stereocenters. The Hall–Kier alpha value is -6.98. The molecule has 0 radical (unpaired) electrons. The van der Waals surface area contributed by atoms with Gasteiger partial charge in [-0.1, -0.05) is 66.7 Å². The first kappa shape index (κ1) is 25.0. The van der Waals surface area contributed by atoms with Gasteiger partial charge in [-0.2, -0.15) is 17.9 Å². The second kappa shape index (κ2) is 7.83. The molecule has 0 amide bonds. The van der Waals surface area contributed by atoms with E-state index in [1.165, 1.54) is 109 Å². The first-order valence-corrected chi connectivity index (χ1v) is 18.0. The normalized spacial score (nSPS) is 16.7. The minimum Gasteiger partial charge on any atom is -0.456 e. The van der Waals surface area contributed by atoms with Gasteiger partial charge in [-0.05, 0) is 100 Å². The van der Waals surface area contributed by atoms with Crippen molar-refractivity contribution in [3.05, 3.63) is 157 Å². The number of nitrogens with zero attached hydrogens (tertiary/aromatic N) is 4. The molecule has 1 spiro atoms. The third-order valence-electron chi connectivity index (χ3n) is 12.7. The van der Waals surface area contributed by atoms with Crippen molar-refractivity contribution < 1.29 is 13.9 Å². The molecule has 236 valence electrons. The molecule has 0 bridgehead atoms. The molecule has 1 atom stereocenters. The average Bonchev–Trinajstić information content (AvgIpc) is 3.91. The minimum atomic E-state index is -0.710. The number of hydrogen-bond donors (Lipinski definition) is 0. The molecular formula is C47H24N4O+2. The predicted octanol–water partition coefficient (Wildman–Crippen LogP) is 10.0. The fourth-order valence-electron chi connectivity index (χ4n) is 10.9. The van der Waals surface area contributed by atoms with E-state index in [4.69, 9.17) is 4.74 Å². The smallest absolute Gasteiger partial charge is 0.316 e. The van der Waals surface area contributed by atoms with Gasteiger partial charge in [0.05, 0.1) is 10.8 Å². The lowest BCUT2D eigenvalue weighted by molar-refractivity contribution is -0.923. The zero-order valence-electron chi connectivity index (χ0n) is 27.6. The van der Waals surface area contributed by atoms with Crippen LogP contribution in [0.2, 0.25) is 0 Å². The fraction of sp³-hybridized carbons (Fsp3) is 0.0213. The highest BCUT2D eigenvalue weighted by Gasteiger charge is 2.67. The van der Waals surface area contributed by atoms with Gasteiger partial charge in [0.2, 0.25) is 0 Å². The van der Waals surface area contributed by atoms with Crippen LogP contribution in [-0.4, -0.2) is 8.80 Å². The summed E-state index contributed by atoms with van der Waals surface area (Å²) in [7, 11) is 0. The Morgan fingerprint density at radius 1 is 0.404 bits per heavy atom. The second-order valence-corrected chi connectivity index (χ2v) is 14.9. The Balaban J connectivity index is 1.26. The SMILES string of the molecule is c1ccc2cc3cc4c(cc3cc2c1)c1ccc2c3c1c1n4c4ccccc4[n+]1C31c3c(ccc4c5ccccc5n5c6ccccc6[n+]1c5c34)O2. The van der Waals surface area contributed by atoms with E-state index in [0.29, 0.717) is 0 Å². The van der Waals surface area contributed by atoms with E-state index in [1.54, 1.807) is 0 Å². The van der Waals surface area contributed by atoms with Gasteiger partial charge in [0, 0.05) is 21.5 Å². The van der Waals surface area contributed by atoms with Crippen LogP contribution in [0.3, 0.4) is 0 Å². The summed E-state index contributed by atoms with van der Waals surface area (Å²) in [6.45, 7) is 0. The molecule has 5 heteroatoms. The first-order valence-electron chi connectivity index (χ1n) is 18.0. The number of ether oxygens (including phenoxy) is 1. The summed E-state index contributed by atoms with van der Waals surface area (Å²) in [6, 6.07) is 54.1. The Morgan fingerprint density at radius 2 is 0.923 bits per heavy atom. The minimum absolute atomic E-state index is 0.710. The van der Waals surface area contributed by atoms with Crippen molar-refractivity contribution in [2.24, 2.45) is 0 Å². The number of para-hydroxylation sites is 5. The maximum absolute atomic E-state index is 7.07. The Kier molecular flexibility index (Phi) is 3.77. The van der Waals surface area contributed by atoms with E-state index in [0.717, 1.165) is 11.5 Å². The molecule has 4 aromatic heterocycles. The quantitative estimate of drug-likeness (QED) is 0.0903. The summed E-state index contributed by atoms with van der Waals surface area (Å²) in [5, 5.41) is 12.6. The van der Waals surface area contributed by atoms with Gasteiger partial charge in [0.25, 0.3) is 0 Å². The zero-order valence-corrected chi connectivity index (χ0v) is 27.6. The van der Waals surface area contributed by atoms with Gasteiger partial charge in [-0.15, -0.1) is 0 Å². The number of aromatic nitrogens is 4. The van der Waals surface area contributed by atoms with Crippen molar-refractivity contribution in [2.75, 3.05) is 0 Å². The lowest BCUT2D eigenvalue weighted by Crippen LogP contribution is -2.71. The molecule has 15 rings (SSSR count). The molecule has 8 aromatic carbocycles. The topological polar surface area (TPSA) is 25.8 Å². The Labute approximate surface area is 293 Å². The molecule has 52 heavy (non-hydrogen) atoms. The number of rotatable bonds is 0. The van der Waals surface area contributed by atoms with Crippen LogP contribution in [0.1, 0.15) is 11.1 Å². The number of fused-ring (bicyclic) bond motifs is 14. The van der Waals surface area contributed by atoms with Gasteiger partial charge in [0.1, 0.15) is 33.7 Å². The third-order valence-corrected chi connectivity index (χ3v) is 12.7. The molecule has 5 nitrogen and oxygen atoms in total. The second-order valence-electron chi connectivity index (χ2n) is 14.9. The van der Waals surface area contributed by atoms with Crippen LogP contribution in [0.25, 0.3) is 98.3 Å². The Bertz CT molecular complexity index is 3790. The van der Waals surface area contributed by atoms with Crippen molar-refractivity contribution in [1.29, 1.82) is 0 Å². The number of benzene rings is 8. The van der Waals surface area contributed by atoms with Crippen LogP contribution >= 0.6 is 0 Å². The fourth-order valence-corrected chi connectivity index (χ4v) is 10.9. The van der Waals surface area contributed by atoms with E-state index < -0.39 is 5.66 Å². The largest absolute Gasteiger partial charge is 0.456 e. The van der Waals surface area contributed by atoms with Gasteiger partial charge in [-0.25, -0.2) is 0 Å². The highest BCUT2D eigenvalue weighted by Crippen LogP contribution is 2.59. The molecule has 0 saturated carbocycles. The number of imidazole rings is 2. The molecule has 0 fully saturated rings. The molecule has 0 N–H and O–H groups in total. The predicted molar refractivity (Wildman–Crippen MR) is 207 cm³/mol. The summed E-state index contributed by atoms with van der Waals surface area (Å²) in [5.41, 5.74) is 11.4. The average molecular weight is 661 g/mol. The van der Waals surface area contributed by atoms with E-state index in [-0.39, 0.29) is 0 Å². The molecule has 3 aliphatic rings. The maximum Gasteiger partial charge on any atom is 0.316 e. The van der Waals surface area contributed by atoms with E-state index in [9.17, 15) is 0 Å². The monoisotopic (exact) mass is 660 g/mol. The lowest BCUT2D eigenvalue weighted by atomic mass is 9.84. The molecule has 12 aromatic rings. The van der Waals surface area contributed by atoms with Crippen LogP contribution in [0, 0.1) is 0 Å². The summed E-state index contributed by atoms with van der Waals surface area (Å²) < 4.78 is 17.5. The van der Waals surface area contributed by atoms with Crippen LogP contribution in [-0.2, 0) is 5.66 Å². The molecule has 0 saturated heterocycles. The molecule has 7 heterocycles. The van der Waals surface area contributed by atoms with Crippen LogP contribution < -0.4 is 13.9 Å². The van der Waals surface area contributed by atoms with Crippen molar-refractivity contribution in [1.82, 2.24) is 8.80 Å². The summed E-state index contributed by atoms with van der Waals surface area (Å²) >= 11 is 0. The molecule has 3 aliphatic heterocycles. The van der Waals surface area contributed by atoms with Gasteiger partial charge in [0.15, 0.2) is 22.1 Å². The van der Waals surface area contributed by atoms with Gasteiger partial charge >= 0.3 is 17.0 Å². The van der Waals surface area contributed by atoms with Crippen LogP contribution in [0.4, 0.5) is 0 Å². The van der Waals surface area contributed by atoms with E-state index >= 15 is 0 Å². The van der Waals surface area contributed by atoms with Gasteiger partial charge in [-0.3, -0.25) is 0 Å². The highest BCUT2D eigenvalue weighted by molar-refractivity contribution is 6.21. The highest BCUT2D eigenvalue weighted by atomic mass is 16.5. The van der Waals surface area contributed by atoms with Crippen molar-refractivity contribution >= 4 is 98.3 Å². The van der Waals surface area contributed by atoms with E-state index in [2.05, 4.69) is 164 Å². The van der Waals surface area contributed by atoms with Crippen LogP contribution in [0.15, 0.2) is 146 Å². The van der Waals surface area contributed by atoms with Crippen molar-refractivity contribution in [3.8, 4) is 11.5 Å². The lowest BCUT2D eigenvalue weighted by Gasteiger charge is -2.31. The summed E-state index contributed by atoms with van der Waals surface area (Å²) in [4.78, 5) is 0. The third kappa shape index (κ3) is 2.37. The molecule has 0 aliphatic carbocycles.